The van der Waals surface area contributed by atoms with Gasteiger partial charge in [0.2, 0.25) is 0 Å². The van der Waals surface area contributed by atoms with Crippen molar-refractivity contribution in [1.29, 1.82) is 5.41 Å². The van der Waals surface area contributed by atoms with E-state index < -0.39 is 0 Å². The predicted octanol–water partition coefficient (Wildman–Crippen LogP) is -0.0263. The van der Waals surface area contributed by atoms with Gasteiger partial charge in [0, 0.05) is 19.6 Å². The standard InChI is InChI=1S/C11H19N5O/c1-7-9(10(12)13)11(15(2)14-7)16(5-6-17)8-3-4-8/h8,17H,3-6H2,1-2H3,(H3,12,13). The fourth-order valence-electron chi connectivity index (χ4n) is 2.25. The molecule has 2 rings (SSSR count). The molecular formula is C11H19N5O. The van der Waals surface area contributed by atoms with Gasteiger partial charge in [0.05, 0.1) is 17.9 Å². The summed E-state index contributed by atoms with van der Waals surface area (Å²) < 4.78 is 1.75. The number of aryl methyl sites for hydroxylation is 2. The van der Waals surface area contributed by atoms with Crippen LogP contribution in [0.5, 0.6) is 0 Å². The SMILES string of the molecule is Cc1nn(C)c(N(CCO)C2CC2)c1C(=N)N. The van der Waals surface area contributed by atoms with E-state index in [9.17, 15) is 0 Å². The van der Waals surface area contributed by atoms with Gasteiger partial charge in [-0.1, -0.05) is 0 Å². The molecule has 1 saturated carbocycles. The van der Waals surface area contributed by atoms with Crippen molar-refractivity contribution in [1.82, 2.24) is 9.78 Å². The average molecular weight is 237 g/mol. The van der Waals surface area contributed by atoms with Crippen molar-refractivity contribution >= 4 is 11.7 Å². The molecule has 1 fully saturated rings. The quantitative estimate of drug-likeness (QED) is 0.495. The normalized spacial score (nSPS) is 15.0. The number of nitrogens with two attached hydrogens (primary N) is 1. The Morgan fingerprint density at radius 3 is 2.76 bits per heavy atom. The van der Waals surface area contributed by atoms with Crippen molar-refractivity contribution in [2.75, 3.05) is 18.1 Å². The van der Waals surface area contributed by atoms with Crippen LogP contribution in [0.2, 0.25) is 0 Å². The summed E-state index contributed by atoms with van der Waals surface area (Å²) in [5, 5.41) is 21.1. The Labute approximate surface area is 101 Å². The number of hydrogen-bond acceptors (Lipinski definition) is 4. The molecule has 1 aliphatic rings. The number of aromatic nitrogens is 2. The number of nitrogen functional groups attached to an aromatic ring is 1. The second kappa shape index (κ2) is 4.37. The van der Waals surface area contributed by atoms with Crippen molar-refractivity contribution in [3.8, 4) is 0 Å². The van der Waals surface area contributed by atoms with E-state index in [1.165, 1.54) is 0 Å². The number of aliphatic hydroxyl groups excluding tert-OH is 1. The summed E-state index contributed by atoms with van der Waals surface area (Å²) in [4.78, 5) is 2.11. The lowest BCUT2D eigenvalue weighted by molar-refractivity contribution is 0.300. The Hall–Kier alpha value is -1.56. The second-order valence-corrected chi connectivity index (χ2v) is 4.47. The lowest BCUT2D eigenvalue weighted by Crippen LogP contribution is -2.32. The Bertz CT molecular complexity index is 435. The van der Waals surface area contributed by atoms with Crippen LogP contribution in [0, 0.1) is 12.3 Å². The lowest BCUT2D eigenvalue weighted by Gasteiger charge is -2.24. The van der Waals surface area contributed by atoms with E-state index in [4.69, 9.17) is 16.2 Å². The highest BCUT2D eigenvalue weighted by atomic mass is 16.3. The van der Waals surface area contributed by atoms with Gasteiger partial charge in [-0.3, -0.25) is 10.1 Å². The van der Waals surface area contributed by atoms with Crippen molar-refractivity contribution in [3.63, 3.8) is 0 Å². The third kappa shape index (κ3) is 2.12. The summed E-state index contributed by atoms with van der Waals surface area (Å²) in [6.07, 6.45) is 2.25. The van der Waals surface area contributed by atoms with Crippen molar-refractivity contribution in [3.05, 3.63) is 11.3 Å². The van der Waals surface area contributed by atoms with E-state index in [1.807, 2.05) is 14.0 Å². The zero-order valence-corrected chi connectivity index (χ0v) is 10.3. The molecule has 1 heterocycles. The Morgan fingerprint density at radius 1 is 1.65 bits per heavy atom. The number of rotatable bonds is 5. The molecule has 0 radical (unpaired) electrons. The highest BCUT2D eigenvalue weighted by Gasteiger charge is 2.33. The number of aliphatic hydroxyl groups is 1. The van der Waals surface area contributed by atoms with Gasteiger partial charge in [0.1, 0.15) is 11.7 Å². The summed E-state index contributed by atoms with van der Waals surface area (Å²) in [7, 11) is 1.85. The van der Waals surface area contributed by atoms with E-state index in [0.29, 0.717) is 18.2 Å². The highest BCUT2D eigenvalue weighted by molar-refractivity contribution is 6.01. The molecule has 0 bridgehead atoms. The van der Waals surface area contributed by atoms with Crippen LogP contribution in [0.15, 0.2) is 0 Å². The highest BCUT2D eigenvalue weighted by Crippen LogP contribution is 2.33. The van der Waals surface area contributed by atoms with Gasteiger partial charge < -0.3 is 15.7 Å². The van der Waals surface area contributed by atoms with Crippen LogP contribution in [0.1, 0.15) is 24.1 Å². The average Bonchev–Trinajstić information content (AvgIpc) is 3.01. The molecule has 6 heteroatoms. The van der Waals surface area contributed by atoms with Crippen LogP contribution in [-0.4, -0.2) is 39.9 Å². The largest absolute Gasteiger partial charge is 0.395 e. The molecule has 1 aliphatic carbocycles. The first-order valence-electron chi connectivity index (χ1n) is 5.81. The topological polar surface area (TPSA) is 91.2 Å². The van der Waals surface area contributed by atoms with Crippen molar-refractivity contribution in [2.24, 2.45) is 12.8 Å². The first-order chi connectivity index (χ1) is 8.06. The number of amidine groups is 1. The lowest BCUT2D eigenvalue weighted by atomic mass is 10.2. The summed E-state index contributed by atoms with van der Waals surface area (Å²) in [5.74, 6) is 0.890. The maximum Gasteiger partial charge on any atom is 0.138 e. The zero-order chi connectivity index (χ0) is 12.6. The van der Waals surface area contributed by atoms with Gasteiger partial charge >= 0.3 is 0 Å². The van der Waals surface area contributed by atoms with E-state index in [1.54, 1.807) is 4.68 Å². The zero-order valence-electron chi connectivity index (χ0n) is 10.3. The second-order valence-electron chi connectivity index (χ2n) is 4.47. The van der Waals surface area contributed by atoms with E-state index in [2.05, 4.69) is 10.00 Å². The van der Waals surface area contributed by atoms with Crippen molar-refractivity contribution < 1.29 is 5.11 Å². The van der Waals surface area contributed by atoms with E-state index in [-0.39, 0.29) is 12.4 Å². The first kappa shape index (κ1) is 11.9. The Balaban J connectivity index is 2.44. The van der Waals surface area contributed by atoms with E-state index >= 15 is 0 Å². The van der Waals surface area contributed by atoms with Crippen LogP contribution in [0.3, 0.4) is 0 Å². The molecule has 0 amide bonds. The van der Waals surface area contributed by atoms with Gasteiger partial charge in [-0.25, -0.2) is 0 Å². The van der Waals surface area contributed by atoms with E-state index in [0.717, 1.165) is 24.4 Å². The fourth-order valence-corrected chi connectivity index (χ4v) is 2.25. The summed E-state index contributed by atoms with van der Waals surface area (Å²) in [6, 6.07) is 0.454. The molecule has 0 atom stereocenters. The van der Waals surface area contributed by atoms with Crippen LogP contribution in [-0.2, 0) is 7.05 Å². The number of nitrogens with one attached hydrogen (secondary N) is 1. The summed E-state index contributed by atoms with van der Waals surface area (Å²) in [6.45, 7) is 2.51. The van der Waals surface area contributed by atoms with Crippen LogP contribution >= 0.6 is 0 Å². The van der Waals surface area contributed by atoms with Crippen LogP contribution in [0.25, 0.3) is 0 Å². The molecule has 1 aromatic heterocycles. The first-order valence-corrected chi connectivity index (χ1v) is 5.81. The maximum absolute atomic E-state index is 9.15. The predicted molar refractivity (Wildman–Crippen MR) is 66.4 cm³/mol. The number of nitrogens with zero attached hydrogens (tertiary/aromatic N) is 3. The molecule has 0 aromatic carbocycles. The van der Waals surface area contributed by atoms with Crippen LogP contribution in [0.4, 0.5) is 5.82 Å². The molecular weight excluding hydrogens is 218 g/mol. The third-order valence-electron chi connectivity index (χ3n) is 3.06. The minimum atomic E-state index is 0.0363. The Morgan fingerprint density at radius 2 is 2.29 bits per heavy atom. The van der Waals surface area contributed by atoms with Gasteiger partial charge in [-0.05, 0) is 19.8 Å². The van der Waals surface area contributed by atoms with Gasteiger partial charge in [-0.15, -0.1) is 0 Å². The number of hydrogen-bond donors (Lipinski definition) is 3. The number of anilines is 1. The minimum Gasteiger partial charge on any atom is -0.395 e. The summed E-state index contributed by atoms with van der Waals surface area (Å²) >= 11 is 0. The Kier molecular flexibility index (Phi) is 3.06. The molecule has 94 valence electrons. The molecule has 0 spiro atoms. The maximum atomic E-state index is 9.15. The van der Waals surface area contributed by atoms with Gasteiger partial charge in [-0.2, -0.15) is 5.10 Å². The molecule has 0 aliphatic heterocycles. The molecule has 6 nitrogen and oxygen atoms in total. The molecule has 17 heavy (non-hydrogen) atoms. The monoisotopic (exact) mass is 237 g/mol. The smallest absolute Gasteiger partial charge is 0.138 e. The molecule has 0 saturated heterocycles. The van der Waals surface area contributed by atoms with Gasteiger partial charge in [0.25, 0.3) is 0 Å². The minimum absolute atomic E-state index is 0.0363. The fraction of sp³-hybridized carbons (Fsp3) is 0.636. The molecule has 4 N–H and O–H groups in total. The third-order valence-corrected chi connectivity index (χ3v) is 3.06. The molecule has 1 aromatic rings. The molecule has 0 unspecified atom stereocenters. The summed E-state index contributed by atoms with van der Waals surface area (Å²) in [5.41, 5.74) is 7.07. The van der Waals surface area contributed by atoms with Crippen LogP contribution < -0.4 is 10.6 Å². The van der Waals surface area contributed by atoms with Gasteiger partial charge in [0.15, 0.2) is 0 Å². The van der Waals surface area contributed by atoms with Crippen molar-refractivity contribution in [2.45, 2.75) is 25.8 Å².